The van der Waals surface area contributed by atoms with E-state index in [1.807, 2.05) is 30.9 Å². The van der Waals surface area contributed by atoms with E-state index in [1.54, 1.807) is 7.11 Å². The highest BCUT2D eigenvalue weighted by Crippen LogP contribution is 2.22. The number of hydrogen-bond acceptors (Lipinski definition) is 4. The molecule has 0 saturated heterocycles. The van der Waals surface area contributed by atoms with Crippen LogP contribution in [0.15, 0.2) is 24.4 Å². The van der Waals surface area contributed by atoms with Gasteiger partial charge in [-0.05, 0) is 38.5 Å². The van der Waals surface area contributed by atoms with Crippen molar-refractivity contribution in [3.05, 3.63) is 46.8 Å². The van der Waals surface area contributed by atoms with E-state index in [0.717, 1.165) is 17.9 Å². The molecule has 1 aromatic heterocycles. The number of aryl methyl sites for hydroxylation is 1. The van der Waals surface area contributed by atoms with Gasteiger partial charge in [-0.1, -0.05) is 6.07 Å². The lowest BCUT2D eigenvalue weighted by molar-refractivity contribution is 0.132. The van der Waals surface area contributed by atoms with E-state index in [-0.39, 0.29) is 6.04 Å². The zero-order chi connectivity index (χ0) is 16.8. The van der Waals surface area contributed by atoms with Crippen molar-refractivity contribution in [1.82, 2.24) is 15.1 Å². The number of hydrogen-bond donors (Lipinski definition) is 1. The Bertz CT molecular complexity index is 637. The molecule has 0 radical (unpaired) electrons. The molecular formula is C18H27N3O2. The SMILES string of the molecule is CCOCc1cc(CNC(C)c2cnn(C)c2C)ccc1OC. The predicted molar refractivity (Wildman–Crippen MR) is 91.5 cm³/mol. The normalized spacial score (nSPS) is 12.4. The molecule has 1 unspecified atom stereocenters. The van der Waals surface area contributed by atoms with E-state index in [4.69, 9.17) is 9.47 Å². The molecule has 1 atom stereocenters. The van der Waals surface area contributed by atoms with Crippen LogP contribution in [0.25, 0.3) is 0 Å². The van der Waals surface area contributed by atoms with Crippen molar-refractivity contribution in [2.45, 2.75) is 40.0 Å². The van der Waals surface area contributed by atoms with Gasteiger partial charge in [0.2, 0.25) is 0 Å². The van der Waals surface area contributed by atoms with Crippen molar-refractivity contribution in [3.63, 3.8) is 0 Å². The molecule has 1 N–H and O–H groups in total. The summed E-state index contributed by atoms with van der Waals surface area (Å²) in [5.74, 6) is 0.873. The van der Waals surface area contributed by atoms with E-state index in [1.165, 1.54) is 16.8 Å². The second kappa shape index (κ2) is 8.13. The molecule has 1 heterocycles. The van der Waals surface area contributed by atoms with E-state index >= 15 is 0 Å². The number of benzene rings is 1. The molecule has 126 valence electrons. The Kier molecular flexibility index (Phi) is 6.19. The molecule has 1 aromatic carbocycles. The molecule has 5 heteroatoms. The maximum absolute atomic E-state index is 5.52. The summed E-state index contributed by atoms with van der Waals surface area (Å²) in [6.45, 7) is 8.31. The van der Waals surface area contributed by atoms with Crippen LogP contribution in [0.3, 0.4) is 0 Å². The second-order valence-corrected chi connectivity index (χ2v) is 5.69. The van der Waals surface area contributed by atoms with Crippen LogP contribution in [-0.4, -0.2) is 23.5 Å². The van der Waals surface area contributed by atoms with Crippen LogP contribution in [0.1, 0.15) is 42.3 Å². The van der Waals surface area contributed by atoms with Gasteiger partial charge in [0, 0.05) is 43.1 Å². The first-order chi connectivity index (χ1) is 11.1. The zero-order valence-corrected chi connectivity index (χ0v) is 14.7. The summed E-state index contributed by atoms with van der Waals surface area (Å²) in [7, 11) is 3.66. The molecule has 23 heavy (non-hydrogen) atoms. The minimum atomic E-state index is 0.251. The lowest BCUT2D eigenvalue weighted by Gasteiger charge is -2.15. The molecule has 2 aromatic rings. The number of methoxy groups -OCH3 is 1. The van der Waals surface area contributed by atoms with Crippen LogP contribution in [0.5, 0.6) is 5.75 Å². The summed E-state index contributed by atoms with van der Waals surface area (Å²) < 4.78 is 12.8. The Labute approximate surface area is 138 Å². The molecule has 0 bridgehead atoms. The Hall–Kier alpha value is -1.85. The molecule has 0 spiro atoms. The average Bonchev–Trinajstić information content (AvgIpc) is 2.90. The van der Waals surface area contributed by atoms with Crippen LogP contribution in [0.2, 0.25) is 0 Å². The lowest BCUT2D eigenvalue weighted by Crippen LogP contribution is -2.18. The highest BCUT2D eigenvalue weighted by atomic mass is 16.5. The average molecular weight is 317 g/mol. The summed E-state index contributed by atoms with van der Waals surface area (Å²) >= 11 is 0. The van der Waals surface area contributed by atoms with E-state index < -0.39 is 0 Å². The highest BCUT2D eigenvalue weighted by molar-refractivity contribution is 5.37. The van der Waals surface area contributed by atoms with Gasteiger partial charge in [-0.25, -0.2) is 0 Å². The number of rotatable bonds is 8. The number of aromatic nitrogens is 2. The minimum Gasteiger partial charge on any atom is -0.496 e. The standard InChI is InChI=1S/C18H27N3O2/c1-6-23-12-16-9-15(7-8-18(16)22-5)10-19-13(2)17-11-20-21(4)14(17)3/h7-9,11,13,19H,6,10,12H2,1-5H3. The van der Waals surface area contributed by atoms with Crippen LogP contribution < -0.4 is 10.1 Å². The largest absolute Gasteiger partial charge is 0.496 e. The fourth-order valence-electron chi connectivity index (χ4n) is 2.59. The molecule has 0 saturated carbocycles. The van der Waals surface area contributed by atoms with E-state index in [2.05, 4.69) is 36.4 Å². The van der Waals surface area contributed by atoms with Gasteiger partial charge in [0.05, 0.1) is 19.9 Å². The van der Waals surface area contributed by atoms with Gasteiger partial charge >= 0.3 is 0 Å². The van der Waals surface area contributed by atoms with Gasteiger partial charge in [-0.2, -0.15) is 5.10 Å². The fourth-order valence-corrected chi connectivity index (χ4v) is 2.59. The fraction of sp³-hybridized carbons (Fsp3) is 0.500. The van der Waals surface area contributed by atoms with Gasteiger partial charge < -0.3 is 14.8 Å². The lowest BCUT2D eigenvalue weighted by atomic mass is 10.1. The molecule has 2 rings (SSSR count). The van der Waals surface area contributed by atoms with Crippen molar-refractivity contribution < 1.29 is 9.47 Å². The highest BCUT2D eigenvalue weighted by Gasteiger charge is 2.12. The Morgan fingerprint density at radius 3 is 2.74 bits per heavy atom. The van der Waals surface area contributed by atoms with Crippen molar-refractivity contribution in [2.24, 2.45) is 7.05 Å². The molecule has 5 nitrogen and oxygen atoms in total. The third-order valence-electron chi connectivity index (χ3n) is 4.16. The summed E-state index contributed by atoms with van der Waals surface area (Å²) in [5.41, 5.74) is 4.72. The van der Waals surface area contributed by atoms with Gasteiger partial charge in [0.25, 0.3) is 0 Å². The van der Waals surface area contributed by atoms with E-state index in [0.29, 0.717) is 13.2 Å². The topological polar surface area (TPSA) is 48.3 Å². The monoisotopic (exact) mass is 317 g/mol. The first-order valence-electron chi connectivity index (χ1n) is 8.02. The van der Waals surface area contributed by atoms with Crippen LogP contribution in [0, 0.1) is 6.92 Å². The van der Waals surface area contributed by atoms with Crippen molar-refractivity contribution in [1.29, 1.82) is 0 Å². The second-order valence-electron chi connectivity index (χ2n) is 5.69. The Morgan fingerprint density at radius 1 is 1.35 bits per heavy atom. The van der Waals surface area contributed by atoms with Crippen LogP contribution >= 0.6 is 0 Å². The molecule has 0 amide bonds. The molecule has 0 aliphatic carbocycles. The smallest absolute Gasteiger partial charge is 0.124 e. The van der Waals surface area contributed by atoms with Gasteiger partial charge in [-0.15, -0.1) is 0 Å². The first-order valence-corrected chi connectivity index (χ1v) is 8.02. The van der Waals surface area contributed by atoms with Gasteiger partial charge in [-0.3, -0.25) is 4.68 Å². The minimum absolute atomic E-state index is 0.251. The number of nitrogens with one attached hydrogen (secondary N) is 1. The van der Waals surface area contributed by atoms with Gasteiger partial charge in [0.1, 0.15) is 5.75 Å². The maximum atomic E-state index is 5.52. The molecular weight excluding hydrogens is 290 g/mol. The number of ether oxygens (including phenoxy) is 2. The summed E-state index contributed by atoms with van der Waals surface area (Å²) in [6, 6.07) is 6.49. The van der Waals surface area contributed by atoms with E-state index in [9.17, 15) is 0 Å². The Morgan fingerprint density at radius 2 is 2.13 bits per heavy atom. The van der Waals surface area contributed by atoms with Crippen LogP contribution in [0.4, 0.5) is 0 Å². The summed E-state index contributed by atoms with van der Waals surface area (Å²) in [4.78, 5) is 0. The maximum Gasteiger partial charge on any atom is 0.124 e. The number of nitrogens with zero attached hydrogens (tertiary/aromatic N) is 2. The molecule has 0 fully saturated rings. The summed E-state index contributed by atoms with van der Waals surface area (Å²) in [5, 5.41) is 7.86. The van der Waals surface area contributed by atoms with Crippen molar-refractivity contribution in [2.75, 3.05) is 13.7 Å². The first kappa shape index (κ1) is 17.5. The predicted octanol–water partition coefficient (Wildman–Crippen LogP) is 3.12. The van der Waals surface area contributed by atoms with Crippen molar-refractivity contribution >= 4 is 0 Å². The molecule has 0 aliphatic rings. The van der Waals surface area contributed by atoms with Crippen molar-refractivity contribution in [3.8, 4) is 5.75 Å². The third kappa shape index (κ3) is 4.33. The summed E-state index contributed by atoms with van der Waals surface area (Å²) in [6.07, 6.45) is 1.93. The van der Waals surface area contributed by atoms with Crippen LogP contribution in [-0.2, 0) is 24.9 Å². The molecule has 0 aliphatic heterocycles. The quantitative estimate of drug-likeness (QED) is 0.812. The zero-order valence-electron chi connectivity index (χ0n) is 14.7. The van der Waals surface area contributed by atoms with Gasteiger partial charge in [0.15, 0.2) is 0 Å². The Balaban J connectivity index is 2.03. The third-order valence-corrected chi connectivity index (χ3v) is 4.16.